The molecule has 0 aliphatic carbocycles. The molecule has 3 aromatic rings. The second kappa shape index (κ2) is 6.14. The third kappa shape index (κ3) is 2.72. The second-order valence-electron chi connectivity index (χ2n) is 6.24. The molecule has 4 rings (SSSR count). The molecule has 0 radical (unpaired) electrons. The zero-order valence-corrected chi connectivity index (χ0v) is 15.1. The summed E-state index contributed by atoms with van der Waals surface area (Å²) in [7, 11) is -3.74. The summed E-state index contributed by atoms with van der Waals surface area (Å²) in [5, 5.41) is 1.55. The largest absolute Gasteiger partial charge is 0.312 e. The van der Waals surface area contributed by atoms with Crippen LogP contribution >= 0.6 is 0 Å². The number of benzene rings is 3. The van der Waals surface area contributed by atoms with Gasteiger partial charge >= 0.3 is 0 Å². The Hall–Kier alpha value is -2.86. The third-order valence-electron chi connectivity index (χ3n) is 4.62. The molecule has 0 saturated heterocycles. The van der Waals surface area contributed by atoms with Crippen LogP contribution in [0, 0.1) is 0 Å². The van der Waals surface area contributed by atoms with Crippen LogP contribution < -0.4 is 9.62 Å². The molecule has 1 amide bonds. The molecule has 132 valence electrons. The summed E-state index contributed by atoms with van der Waals surface area (Å²) < 4.78 is 28.5. The van der Waals surface area contributed by atoms with Crippen LogP contribution in [0.2, 0.25) is 0 Å². The van der Waals surface area contributed by atoms with Crippen molar-refractivity contribution in [2.75, 3.05) is 16.2 Å². The highest BCUT2D eigenvalue weighted by Gasteiger charge is 2.26. The number of anilines is 2. The summed E-state index contributed by atoms with van der Waals surface area (Å²) in [6.07, 6.45) is 0.299. The number of carbonyl (C=O) groups excluding carboxylic acids is 1. The van der Waals surface area contributed by atoms with Crippen molar-refractivity contribution in [2.45, 2.75) is 18.2 Å². The first-order chi connectivity index (χ1) is 12.5. The van der Waals surface area contributed by atoms with Crippen LogP contribution in [0.5, 0.6) is 0 Å². The van der Waals surface area contributed by atoms with Gasteiger partial charge in [-0.05, 0) is 42.1 Å². The molecule has 1 aliphatic heterocycles. The van der Waals surface area contributed by atoms with Gasteiger partial charge < -0.3 is 4.90 Å². The minimum absolute atomic E-state index is 0.0385. The average Bonchev–Trinajstić information content (AvgIpc) is 2.95. The van der Waals surface area contributed by atoms with Crippen molar-refractivity contribution in [2.24, 2.45) is 0 Å². The van der Waals surface area contributed by atoms with Crippen molar-refractivity contribution in [3.8, 4) is 0 Å². The highest BCUT2D eigenvalue weighted by molar-refractivity contribution is 7.93. The Bertz CT molecular complexity index is 1120. The second-order valence-corrected chi connectivity index (χ2v) is 7.89. The monoisotopic (exact) mass is 366 g/mol. The van der Waals surface area contributed by atoms with Crippen LogP contribution in [0.15, 0.2) is 65.6 Å². The molecule has 3 aromatic carbocycles. The van der Waals surface area contributed by atoms with Crippen molar-refractivity contribution in [1.82, 2.24) is 0 Å². The summed E-state index contributed by atoms with van der Waals surface area (Å²) in [6, 6.07) is 17.8. The van der Waals surface area contributed by atoms with Gasteiger partial charge in [-0.25, -0.2) is 8.42 Å². The van der Waals surface area contributed by atoms with Crippen LogP contribution in [0.1, 0.15) is 12.5 Å². The minimum atomic E-state index is -3.74. The molecule has 1 N–H and O–H groups in total. The number of hydrogen-bond acceptors (Lipinski definition) is 3. The first-order valence-corrected chi connectivity index (χ1v) is 9.92. The van der Waals surface area contributed by atoms with Crippen LogP contribution in [-0.2, 0) is 21.2 Å². The summed E-state index contributed by atoms with van der Waals surface area (Å²) in [6.45, 7) is 2.52. The van der Waals surface area contributed by atoms with Gasteiger partial charge in [-0.3, -0.25) is 9.52 Å². The normalized spacial score (nSPS) is 13.9. The number of sulfonamides is 1. The standard InChI is InChI=1S/C20H18N2O3S/c1-2-22-18-11-10-16(12-15(18)13-20(22)23)21-26(24,25)19-9-5-7-14-6-3-4-8-17(14)19/h3-12,21H,2,13H2,1H3. The molecule has 6 heteroatoms. The zero-order valence-electron chi connectivity index (χ0n) is 14.3. The predicted octanol–water partition coefficient (Wildman–Crippen LogP) is 3.55. The Balaban J connectivity index is 1.71. The first-order valence-electron chi connectivity index (χ1n) is 8.43. The summed E-state index contributed by atoms with van der Waals surface area (Å²) >= 11 is 0. The summed E-state index contributed by atoms with van der Waals surface area (Å²) in [5.74, 6) is 0.0385. The molecule has 0 bridgehead atoms. The summed E-state index contributed by atoms with van der Waals surface area (Å²) in [4.78, 5) is 14.0. The van der Waals surface area contributed by atoms with Gasteiger partial charge in [0.1, 0.15) is 0 Å². The lowest BCUT2D eigenvalue weighted by Crippen LogP contribution is -2.25. The van der Waals surface area contributed by atoms with E-state index in [0.717, 1.165) is 16.6 Å². The van der Waals surface area contributed by atoms with E-state index in [2.05, 4.69) is 4.72 Å². The van der Waals surface area contributed by atoms with Crippen LogP contribution in [0.3, 0.4) is 0 Å². The first kappa shape index (κ1) is 16.6. The molecule has 0 atom stereocenters. The molecule has 1 aliphatic rings. The lowest BCUT2D eigenvalue weighted by atomic mass is 10.1. The summed E-state index contributed by atoms with van der Waals surface area (Å²) in [5.41, 5.74) is 2.16. The molecular formula is C20H18N2O3S. The number of nitrogens with zero attached hydrogens (tertiary/aromatic N) is 1. The van der Waals surface area contributed by atoms with Gasteiger partial charge in [0.15, 0.2) is 0 Å². The Morgan fingerprint density at radius 3 is 2.62 bits per heavy atom. The van der Waals surface area contributed by atoms with Gasteiger partial charge in [0.25, 0.3) is 10.0 Å². The highest BCUT2D eigenvalue weighted by atomic mass is 32.2. The van der Waals surface area contributed by atoms with E-state index in [1.54, 1.807) is 41.3 Å². The fourth-order valence-electron chi connectivity index (χ4n) is 3.43. The topological polar surface area (TPSA) is 66.5 Å². The average molecular weight is 366 g/mol. The van der Waals surface area contributed by atoms with Crippen molar-refractivity contribution in [3.05, 3.63) is 66.2 Å². The van der Waals surface area contributed by atoms with Crippen LogP contribution in [0.25, 0.3) is 10.8 Å². The maximum atomic E-state index is 12.9. The Morgan fingerprint density at radius 1 is 1.04 bits per heavy atom. The zero-order chi connectivity index (χ0) is 18.3. The molecule has 0 aromatic heterocycles. The van der Waals surface area contributed by atoms with Crippen molar-refractivity contribution in [1.29, 1.82) is 0 Å². The SMILES string of the molecule is CCN1C(=O)Cc2cc(NS(=O)(=O)c3cccc4ccccc34)ccc21. The molecule has 0 saturated carbocycles. The minimum Gasteiger partial charge on any atom is -0.312 e. The Labute approximate surface area is 152 Å². The van der Waals surface area contributed by atoms with Gasteiger partial charge in [0.05, 0.1) is 11.3 Å². The number of amides is 1. The Morgan fingerprint density at radius 2 is 1.81 bits per heavy atom. The van der Waals surface area contributed by atoms with E-state index >= 15 is 0 Å². The lowest BCUT2D eigenvalue weighted by molar-refractivity contribution is -0.117. The van der Waals surface area contributed by atoms with Gasteiger partial charge in [0.2, 0.25) is 5.91 Å². The molecule has 5 nitrogen and oxygen atoms in total. The van der Waals surface area contributed by atoms with E-state index in [9.17, 15) is 13.2 Å². The molecule has 0 fully saturated rings. The molecule has 0 spiro atoms. The van der Waals surface area contributed by atoms with Crippen molar-refractivity contribution in [3.63, 3.8) is 0 Å². The van der Waals surface area contributed by atoms with Gasteiger partial charge in [-0.2, -0.15) is 0 Å². The van der Waals surface area contributed by atoms with Crippen LogP contribution in [0.4, 0.5) is 11.4 Å². The predicted molar refractivity (Wildman–Crippen MR) is 103 cm³/mol. The molecule has 0 unspecified atom stereocenters. The number of hydrogen-bond donors (Lipinski definition) is 1. The van der Waals surface area contributed by atoms with Gasteiger partial charge in [-0.15, -0.1) is 0 Å². The number of rotatable bonds is 4. The fourth-order valence-corrected chi connectivity index (χ4v) is 4.71. The third-order valence-corrected chi connectivity index (χ3v) is 6.06. The van der Waals surface area contributed by atoms with E-state index in [1.165, 1.54) is 0 Å². The quantitative estimate of drug-likeness (QED) is 0.768. The smallest absolute Gasteiger partial charge is 0.262 e. The fraction of sp³-hybridized carbons (Fsp3) is 0.150. The maximum Gasteiger partial charge on any atom is 0.262 e. The van der Waals surface area contributed by atoms with E-state index in [4.69, 9.17) is 0 Å². The van der Waals surface area contributed by atoms with Crippen LogP contribution in [-0.4, -0.2) is 20.9 Å². The van der Waals surface area contributed by atoms with Crippen molar-refractivity contribution >= 4 is 38.1 Å². The van der Waals surface area contributed by atoms with Crippen molar-refractivity contribution < 1.29 is 13.2 Å². The van der Waals surface area contributed by atoms with E-state index in [1.807, 2.05) is 31.2 Å². The highest BCUT2D eigenvalue weighted by Crippen LogP contribution is 2.32. The van der Waals surface area contributed by atoms with E-state index in [0.29, 0.717) is 24.0 Å². The lowest BCUT2D eigenvalue weighted by Gasteiger charge is -2.15. The van der Waals surface area contributed by atoms with Gasteiger partial charge in [-0.1, -0.05) is 36.4 Å². The number of nitrogens with one attached hydrogen (secondary N) is 1. The van der Waals surface area contributed by atoms with Gasteiger partial charge in [0, 0.05) is 23.3 Å². The Kier molecular flexibility index (Phi) is 3.92. The number of fused-ring (bicyclic) bond motifs is 2. The molecule has 26 heavy (non-hydrogen) atoms. The molecular weight excluding hydrogens is 348 g/mol. The molecule has 1 heterocycles. The van der Waals surface area contributed by atoms with E-state index < -0.39 is 10.0 Å². The maximum absolute atomic E-state index is 12.9. The number of carbonyl (C=O) groups is 1. The van der Waals surface area contributed by atoms with E-state index in [-0.39, 0.29) is 10.8 Å². The number of likely N-dealkylation sites (N-methyl/N-ethyl adjacent to an activating group) is 1.